The maximum atomic E-state index is 12.8. The van der Waals surface area contributed by atoms with Crippen LogP contribution in [-0.2, 0) is 17.7 Å². The van der Waals surface area contributed by atoms with E-state index in [0.717, 1.165) is 36.1 Å². The van der Waals surface area contributed by atoms with Crippen LogP contribution < -0.4 is 35.9 Å². The SMILES string of the molecule is CC(C)COC(C)(C)Cn1cc(CCCOc2ccc(C(=O)Oc3ccc(-c4ccc(OC(=O)c5ccc(OCCC/C(N)=C/NN)cc5)cc4)cc3)cc2)nn1. The van der Waals surface area contributed by atoms with Crippen LogP contribution in [0.2, 0.25) is 0 Å². The summed E-state index contributed by atoms with van der Waals surface area (Å²) in [6.45, 7) is 10.7. The molecule has 0 atom stereocenters. The minimum absolute atomic E-state index is 0.329. The predicted octanol–water partition coefficient (Wildman–Crippen LogP) is 7.27. The summed E-state index contributed by atoms with van der Waals surface area (Å²) in [5, 5.41) is 8.54. The number of nitrogens with two attached hydrogens (primary N) is 2. The Labute approximate surface area is 333 Å². The maximum absolute atomic E-state index is 12.8. The summed E-state index contributed by atoms with van der Waals surface area (Å²) < 4.78 is 30.6. The smallest absolute Gasteiger partial charge is 0.343 e. The van der Waals surface area contributed by atoms with Crippen molar-refractivity contribution in [2.45, 2.75) is 65.5 Å². The van der Waals surface area contributed by atoms with Crippen molar-refractivity contribution in [3.63, 3.8) is 0 Å². The Morgan fingerprint density at radius 2 is 1.25 bits per heavy atom. The Morgan fingerprint density at radius 3 is 1.74 bits per heavy atom. The predicted molar refractivity (Wildman–Crippen MR) is 218 cm³/mol. The van der Waals surface area contributed by atoms with E-state index in [0.29, 0.717) is 78.5 Å². The fourth-order valence-electron chi connectivity index (χ4n) is 5.58. The Bertz CT molecular complexity index is 2040. The summed E-state index contributed by atoms with van der Waals surface area (Å²) in [5.41, 5.74) is 12.0. The molecule has 1 aromatic heterocycles. The van der Waals surface area contributed by atoms with Gasteiger partial charge in [0, 0.05) is 24.7 Å². The number of esters is 2. The molecule has 57 heavy (non-hydrogen) atoms. The number of nitrogens with zero attached hydrogens (tertiary/aromatic N) is 3. The number of aromatic nitrogens is 3. The molecule has 0 fully saturated rings. The monoisotopic (exact) mass is 776 g/mol. The quantitative estimate of drug-likeness (QED) is 0.0224. The number of hydrazine groups is 1. The first-order valence-corrected chi connectivity index (χ1v) is 19.0. The first kappa shape index (κ1) is 42.0. The zero-order chi connectivity index (χ0) is 40.6. The summed E-state index contributed by atoms with van der Waals surface area (Å²) in [6, 6.07) is 28.0. The van der Waals surface area contributed by atoms with Crippen LogP contribution in [0.4, 0.5) is 0 Å². The van der Waals surface area contributed by atoms with Crippen molar-refractivity contribution in [2.24, 2.45) is 17.5 Å². The van der Waals surface area contributed by atoms with Crippen LogP contribution in [0.25, 0.3) is 11.1 Å². The minimum Gasteiger partial charge on any atom is -0.494 e. The van der Waals surface area contributed by atoms with Gasteiger partial charge in [-0.1, -0.05) is 43.3 Å². The maximum Gasteiger partial charge on any atom is 0.343 e. The molecular weight excluding hydrogens is 725 g/mol. The second kappa shape index (κ2) is 20.7. The van der Waals surface area contributed by atoms with Crippen molar-refractivity contribution in [1.29, 1.82) is 0 Å². The van der Waals surface area contributed by atoms with Crippen LogP contribution in [0, 0.1) is 5.92 Å². The first-order chi connectivity index (χ1) is 27.5. The molecule has 0 amide bonds. The van der Waals surface area contributed by atoms with Crippen LogP contribution in [0.3, 0.4) is 0 Å². The zero-order valence-corrected chi connectivity index (χ0v) is 33.0. The molecule has 0 radical (unpaired) electrons. The molecule has 13 heteroatoms. The number of nitrogens with one attached hydrogen (secondary N) is 1. The lowest BCUT2D eigenvalue weighted by molar-refractivity contribution is -0.0438. The third kappa shape index (κ3) is 13.8. The number of hydrogen-bond donors (Lipinski definition) is 3. The number of aryl methyl sites for hydroxylation is 1. The number of ether oxygens (including phenoxy) is 5. The van der Waals surface area contributed by atoms with Gasteiger partial charge in [0.05, 0.1) is 42.2 Å². The fourth-order valence-corrected chi connectivity index (χ4v) is 5.58. The van der Waals surface area contributed by atoms with Crippen LogP contribution in [0.5, 0.6) is 23.0 Å². The topological polar surface area (TPSA) is 175 Å². The van der Waals surface area contributed by atoms with E-state index < -0.39 is 11.9 Å². The van der Waals surface area contributed by atoms with E-state index in [-0.39, 0.29) is 5.60 Å². The van der Waals surface area contributed by atoms with Gasteiger partial charge in [0.2, 0.25) is 0 Å². The summed E-state index contributed by atoms with van der Waals surface area (Å²) in [7, 11) is 0. The van der Waals surface area contributed by atoms with Gasteiger partial charge in [0.15, 0.2) is 0 Å². The normalized spacial score (nSPS) is 11.6. The number of carbonyl (C=O) groups is 2. The third-order valence-corrected chi connectivity index (χ3v) is 8.57. The van der Waals surface area contributed by atoms with Gasteiger partial charge in [-0.05, 0) is 129 Å². The molecular formula is C44H52N6O7. The Balaban J connectivity index is 1.01. The average Bonchev–Trinajstić information content (AvgIpc) is 3.64. The van der Waals surface area contributed by atoms with Crippen molar-refractivity contribution < 1.29 is 33.3 Å². The van der Waals surface area contributed by atoms with Gasteiger partial charge >= 0.3 is 11.9 Å². The lowest BCUT2D eigenvalue weighted by Crippen LogP contribution is -2.32. The van der Waals surface area contributed by atoms with Crippen LogP contribution in [0.1, 0.15) is 73.4 Å². The first-order valence-electron chi connectivity index (χ1n) is 19.0. The molecule has 4 aromatic carbocycles. The number of rotatable bonds is 21. The van der Waals surface area contributed by atoms with Gasteiger partial charge in [-0.2, -0.15) is 0 Å². The number of carbonyl (C=O) groups excluding carboxylic acids is 2. The van der Waals surface area contributed by atoms with E-state index in [9.17, 15) is 9.59 Å². The lowest BCUT2D eigenvalue weighted by atomic mass is 10.1. The highest BCUT2D eigenvalue weighted by atomic mass is 16.5. The molecule has 0 bridgehead atoms. The lowest BCUT2D eigenvalue weighted by Gasteiger charge is -2.26. The van der Waals surface area contributed by atoms with Gasteiger partial charge in [-0.3, -0.25) is 5.84 Å². The molecule has 0 spiro atoms. The molecule has 300 valence electrons. The van der Waals surface area contributed by atoms with Crippen molar-refractivity contribution in [2.75, 3.05) is 19.8 Å². The zero-order valence-electron chi connectivity index (χ0n) is 33.0. The number of hydrogen-bond acceptors (Lipinski definition) is 12. The third-order valence-electron chi connectivity index (χ3n) is 8.57. The molecule has 13 nitrogen and oxygen atoms in total. The van der Waals surface area contributed by atoms with E-state index in [2.05, 4.69) is 43.4 Å². The van der Waals surface area contributed by atoms with Gasteiger partial charge in [-0.25, -0.2) is 14.3 Å². The van der Waals surface area contributed by atoms with E-state index in [1.54, 1.807) is 72.8 Å². The van der Waals surface area contributed by atoms with Crippen molar-refractivity contribution in [1.82, 2.24) is 20.4 Å². The summed E-state index contributed by atoms with van der Waals surface area (Å²) >= 11 is 0. The van der Waals surface area contributed by atoms with Gasteiger partial charge in [0.1, 0.15) is 23.0 Å². The second-order valence-corrected chi connectivity index (χ2v) is 14.5. The van der Waals surface area contributed by atoms with Crippen molar-refractivity contribution in [3.8, 4) is 34.1 Å². The Hall–Kier alpha value is -6.18. The highest BCUT2D eigenvalue weighted by Crippen LogP contribution is 2.26. The minimum atomic E-state index is -0.480. The molecule has 0 saturated carbocycles. The number of allylic oxidation sites excluding steroid dienone is 1. The van der Waals surface area contributed by atoms with E-state index in [4.69, 9.17) is 35.3 Å². The van der Waals surface area contributed by atoms with Gasteiger partial charge < -0.3 is 34.8 Å². The summed E-state index contributed by atoms with van der Waals surface area (Å²) in [4.78, 5) is 25.6. The molecule has 0 aliphatic rings. The van der Waals surface area contributed by atoms with E-state index in [1.165, 1.54) is 6.20 Å². The molecule has 0 unspecified atom stereocenters. The summed E-state index contributed by atoms with van der Waals surface area (Å²) in [6.07, 6.45) is 6.36. The standard InChI is InChI=1S/C44H52N6O7/c1-31(2)29-55-44(3,4)30-50-28-37(48-49-50)8-6-26-54-39-19-15-35(16-20-39)43(52)57-41-23-11-33(12-24-41)32-9-21-40(22-10-32)56-42(51)34-13-17-38(18-14-34)53-25-5-7-36(45)27-47-46/h9-24,27-28,31,47H,5-8,25-26,29-30,45-46H2,1-4H3/b36-27-. The molecule has 5 N–H and O–H groups in total. The molecule has 0 saturated heterocycles. The van der Waals surface area contributed by atoms with E-state index in [1.807, 2.05) is 35.1 Å². The molecule has 0 aliphatic carbocycles. The van der Waals surface area contributed by atoms with Crippen LogP contribution >= 0.6 is 0 Å². The second-order valence-electron chi connectivity index (χ2n) is 14.5. The molecule has 5 aromatic rings. The van der Waals surface area contributed by atoms with E-state index >= 15 is 0 Å². The highest BCUT2D eigenvalue weighted by Gasteiger charge is 2.21. The molecule has 5 rings (SSSR count). The molecule has 0 aliphatic heterocycles. The number of benzene rings is 4. The largest absolute Gasteiger partial charge is 0.494 e. The Morgan fingerprint density at radius 1 is 0.754 bits per heavy atom. The Kier molecular flexibility index (Phi) is 15.2. The average molecular weight is 777 g/mol. The van der Waals surface area contributed by atoms with Crippen LogP contribution in [-0.4, -0.2) is 52.4 Å². The van der Waals surface area contributed by atoms with Crippen LogP contribution in [0.15, 0.2) is 115 Å². The van der Waals surface area contributed by atoms with Crippen molar-refractivity contribution in [3.05, 3.63) is 132 Å². The van der Waals surface area contributed by atoms with Crippen molar-refractivity contribution >= 4 is 11.9 Å². The summed E-state index contributed by atoms with van der Waals surface area (Å²) in [5.74, 6) is 6.85. The van der Waals surface area contributed by atoms with Gasteiger partial charge in [0.25, 0.3) is 0 Å². The fraction of sp³-hybridized carbons (Fsp3) is 0.318. The van der Waals surface area contributed by atoms with Gasteiger partial charge in [-0.15, -0.1) is 5.10 Å². The highest BCUT2D eigenvalue weighted by molar-refractivity contribution is 5.92. The molecule has 1 heterocycles.